The topological polar surface area (TPSA) is 50.4 Å². The van der Waals surface area contributed by atoms with Crippen molar-refractivity contribution in [1.82, 2.24) is 0 Å². The molecule has 1 aromatic rings. The third-order valence-corrected chi connectivity index (χ3v) is 3.43. The first-order valence-electron chi connectivity index (χ1n) is 6.72. The molecule has 3 N–H and O–H groups in total. The molecule has 1 aromatic carbocycles. The van der Waals surface area contributed by atoms with E-state index in [0.29, 0.717) is 11.4 Å². The normalized spacial score (nSPS) is 16.9. The van der Waals surface area contributed by atoms with Gasteiger partial charge in [0.2, 0.25) is 0 Å². The lowest BCUT2D eigenvalue weighted by atomic mass is 9.94. The molecule has 0 saturated heterocycles. The number of nitrogens with two attached hydrogens (primary N) is 1. The Hall–Kier alpha value is -0.780. The van der Waals surface area contributed by atoms with Crippen molar-refractivity contribution in [2.24, 2.45) is 22.1 Å². The Morgan fingerprint density at radius 3 is 2.47 bits per heavy atom. The van der Waals surface area contributed by atoms with Gasteiger partial charge in [0.15, 0.2) is 5.96 Å². The summed E-state index contributed by atoms with van der Waals surface area (Å²) >= 11 is 0. The van der Waals surface area contributed by atoms with Gasteiger partial charge in [0, 0.05) is 12.2 Å². The maximum atomic E-state index is 5.91. The molecule has 0 spiro atoms. The van der Waals surface area contributed by atoms with E-state index in [1.165, 1.54) is 19.3 Å². The zero-order valence-electron chi connectivity index (χ0n) is 11.7. The Balaban J connectivity index is 0.00000180. The Labute approximate surface area is 133 Å². The van der Waals surface area contributed by atoms with Crippen molar-refractivity contribution in [2.75, 3.05) is 11.9 Å². The first-order chi connectivity index (χ1) is 8.60. The van der Waals surface area contributed by atoms with E-state index in [-0.39, 0.29) is 24.0 Å². The fraction of sp³-hybridized carbons (Fsp3) is 0.533. The van der Waals surface area contributed by atoms with E-state index in [4.69, 9.17) is 5.73 Å². The first-order valence-corrected chi connectivity index (χ1v) is 6.72. The predicted molar refractivity (Wildman–Crippen MR) is 93.1 cm³/mol. The summed E-state index contributed by atoms with van der Waals surface area (Å²) in [6.07, 6.45) is 3.86. The molecule has 0 bridgehead atoms. The number of halogens is 1. The molecule has 0 aliphatic heterocycles. The predicted octanol–water partition coefficient (Wildman–Crippen LogP) is 3.86. The molecule has 1 saturated carbocycles. The summed E-state index contributed by atoms with van der Waals surface area (Å²) in [6, 6.07) is 9.93. The van der Waals surface area contributed by atoms with Crippen LogP contribution in [0.1, 0.15) is 33.1 Å². The molecule has 19 heavy (non-hydrogen) atoms. The van der Waals surface area contributed by atoms with Gasteiger partial charge in [0.25, 0.3) is 0 Å². The van der Waals surface area contributed by atoms with Gasteiger partial charge in [0.1, 0.15) is 0 Å². The summed E-state index contributed by atoms with van der Waals surface area (Å²) < 4.78 is 0. The molecule has 106 valence electrons. The molecule has 1 aliphatic rings. The molecule has 4 heteroatoms. The van der Waals surface area contributed by atoms with Gasteiger partial charge < -0.3 is 11.1 Å². The number of hydrogen-bond acceptors (Lipinski definition) is 1. The van der Waals surface area contributed by atoms with E-state index in [9.17, 15) is 0 Å². The lowest BCUT2D eigenvalue weighted by Gasteiger charge is -2.15. The summed E-state index contributed by atoms with van der Waals surface area (Å²) in [5.74, 6) is 1.27. The number of guanidine groups is 1. The van der Waals surface area contributed by atoms with Crippen LogP contribution in [0.3, 0.4) is 0 Å². The Morgan fingerprint density at radius 1 is 1.32 bits per heavy atom. The van der Waals surface area contributed by atoms with E-state index in [1.807, 2.05) is 30.3 Å². The highest BCUT2D eigenvalue weighted by atomic mass is 127. The summed E-state index contributed by atoms with van der Waals surface area (Å²) in [6.45, 7) is 5.40. The monoisotopic (exact) mass is 373 g/mol. The van der Waals surface area contributed by atoms with E-state index < -0.39 is 0 Å². The average Bonchev–Trinajstić information content (AvgIpc) is 3.07. The van der Waals surface area contributed by atoms with Crippen molar-refractivity contribution in [2.45, 2.75) is 33.1 Å². The summed E-state index contributed by atoms with van der Waals surface area (Å²) in [7, 11) is 0. The minimum atomic E-state index is 0. The average molecular weight is 373 g/mol. The van der Waals surface area contributed by atoms with Gasteiger partial charge in [-0.1, -0.05) is 32.0 Å². The molecule has 0 unspecified atom stereocenters. The standard InChI is InChI=1S/C15H23N3.HI/c1-12(2)10-15(8-9-15)11-17-14(16)18-13-6-4-3-5-7-13;/h3-7,12H,8-11H2,1-2H3,(H3,16,17,18);1H. The zero-order valence-corrected chi connectivity index (χ0v) is 14.1. The Kier molecular flexibility index (Phi) is 6.10. The SMILES string of the molecule is CC(C)CC1(CN=C(N)Nc2ccccc2)CC1.I. The summed E-state index contributed by atoms with van der Waals surface area (Å²) in [5.41, 5.74) is 7.35. The molecular formula is C15H24IN3. The van der Waals surface area contributed by atoms with E-state index >= 15 is 0 Å². The zero-order chi connectivity index (χ0) is 13.0. The third-order valence-electron chi connectivity index (χ3n) is 3.43. The number of nitrogens with one attached hydrogen (secondary N) is 1. The summed E-state index contributed by atoms with van der Waals surface area (Å²) in [5, 5.41) is 3.12. The van der Waals surface area contributed by atoms with Gasteiger partial charge in [-0.05, 0) is 42.7 Å². The maximum absolute atomic E-state index is 5.91. The molecule has 1 fully saturated rings. The van der Waals surface area contributed by atoms with E-state index in [2.05, 4.69) is 24.2 Å². The van der Waals surface area contributed by atoms with Gasteiger partial charge in [-0.25, -0.2) is 0 Å². The second kappa shape index (κ2) is 7.12. The van der Waals surface area contributed by atoms with Crippen LogP contribution in [0.2, 0.25) is 0 Å². The van der Waals surface area contributed by atoms with Crippen molar-refractivity contribution >= 4 is 35.6 Å². The fourth-order valence-electron chi connectivity index (χ4n) is 2.43. The quantitative estimate of drug-likeness (QED) is 0.468. The second-order valence-corrected chi connectivity index (χ2v) is 5.79. The van der Waals surface area contributed by atoms with Crippen LogP contribution in [0.25, 0.3) is 0 Å². The fourth-order valence-corrected chi connectivity index (χ4v) is 2.43. The van der Waals surface area contributed by atoms with Gasteiger partial charge in [0.05, 0.1) is 0 Å². The van der Waals surface area contributed by atoms with Crippen LogP contribution in [0.15, 0.2) is 35.3 Å². The molecule has 0 atom stereocenters. The van der Waals surface area contributed by atoms with E-state index in [0.717, 1.165) is 18.2 Å². The number of aliphatic imine (C=N–C) groups is 1. The highest BCUT2D eigenvalue weighted by Gasteiger charge is 2.42. The summed E-state index contributed by atoms with van der Waals surface area (Å²) in [4.78, 5) is 4.49. The minimum Gasteiger partial charge on any atom is -0.370 e. The number of nitrogens with zero attached hydrogens (tertiary/aromatic N) is 1. The smallest absolute Gasteiger partial charge is 0.193 e. The molecule has 3 nitrogen and oxygen atoms in total. The van der Waals surface area contributed by atoms with Crippen LogP contribution in [-0.2, 0) is 0 Å². The highest BCUT2D eigenvalue weighted by molar-refractivity contribution is 14.0. The maximum Gasteiger partial charge on any atom is 0.193 e. The Morgan fingerprint density at radius 2 is 1.95 bits per heavy atom. The number of hydrogen-bond donors (Lipinski definition) is 2. The Bertz CT molecular complexity index is 411. The van der Waals surface area contributed by atoms with Gasteiger partial charge in [-0.3, -0.25) is 4.99 Å². The molecule has 0 radical (unpaired) electrons. The van der Waals surface area contributed by atoms with Gasteiger partial charge >= 0.3 is 0 Å². The molecule has 0 heterocycles. The minimum absolute atomic E-state index is 0. The van der Waals surface area contributed by atoms with Crippen molar-refractivity contribution < 1.29 is 0 Å². The molecule has 0 aromatic heterocycles. The molecule has 1 aliphatic carbocycles. The van der Waals surface area contributed by atoms with E-state index in [1.54, 1.807) is 0 Å². The van der Waals surface area contributed by atoms with Gasteiger partial charge in [-0.2, -0.15) is 0 Å². The van der Waals surface area contributed by atoms with Crippen molar-refractivity contribution in [3.8, 4) is 0 Å². The first kappa shape index (κ1) is 16.3. The van der Waals surface area contributed by atoms with Crippen molar-refractivity contribution in [3.63, 3.8) is 0 Å². The van der Waals surface area contributed by atoms with Crippen LogP contribution in [0.4, 0.5) is 5.69 Å². The van der Waals surface area contributed by atoms with Crippen molar-refractivity contribution in [3.05, 3.63) is 30.3 Å². The van der Waals surface area contributed by atoms with Crippen LogP contribution in [-0.4, -0.2) is 12.5 Å². The van der Waals surface area contributed by atoms with Crippen LogP contribution in [0, 0.1) is 11.3 Å². The van der Waals surface area contributed by atoms with Crippen LogP contribution < -0.4 is 11.1 Å². The highest BCUT2D eigenvalue weighted by Crippen LogP contribution is 2.50. The number of anilines is 1. The lowest BCUT2D eigenvalue weighted by Crippen LogP contribution is -2.24. The number of para-hydroxylation sites is 1. The molecule has 2 rings (SSSR count). The van der Waals surface area contributed by atoms with Crippen molar-refractivity contribution in [1.29, 1.82) is 0 Å². The van der Waals surface area contributed by atoms with Crippen LogP contribution in [0.5, 0.6) is 0 Å². The second-order valence-electron chi connectivity index (χ2n) is 5.79. The largest absolute Gasteiger partial charge is 0.370 e. The van der Waals surface area contributed by atoms with Crippen LogP contribution >= 0.6 is 24.0 Å². The number of rotatable bonds is 5. The van der Waals surface area contributed by atoms with Gasteiger partial charge in [-0.15, -0.1) is 24.0 Å². The lowest BCUT2D eigenvalue weighted by molar-refractivity contribution is 0.399. The molecular weight excluding hydrogens is 349 g/mol. The number of benzene rings is 1. The third kappa shape index (κ3) is 5.38. The molecule has 0 amide bonds.